The molecule has 2 aromatic carbocycles. The summed E-state index contributed by atoms with van der Waals surface area (Å²) >= 11 is 12.3. The van der Waals surface area contributed by atoms with E-state index in [1.54, 1.807) is 18.2 Å². The topological polar surface area (TPSA) is 42.8 Å². The number of hydrogen-bond donors (Lipinski definition) is 1. The highest BCUT2D eigenvalue weighted by atomic mass is 35.5. The second kappa shape index (κ2) is 7.33. The second-order valence-corrected chi connectivity index (χ2v) is 4.99. The monoisotopic (exact) mass is 342 g/mol. The quantitative estimate of drug-likeness (QED) is 0.638. The molecular weight excluding hydrogens is 330 g/mol. The first-order valence-electron chi connectivity index (χ1n) is 6.21. The zero-order chi connectivity index (χ0) is 16.1. The number of methoxy groups -OCH3 is 2. The predicted octanol–water partition coefficient (Wildman–Crippen LogP) is 4.60. The molecule has 0 saturated carbocycles. The van der Waals surface area contributed by atoms with E-state index in [2.05, 4.69) is 10.5 Å². The third-order valence-corrected chi connectivity index (χ3v) is 3.43. The van der Waals surface area contributed by atoms with Gasteiger partial charge in [0, 0.05) is 5.56 Å². The van der Waals surface area contributed by atoms with E-state index in [4.69, 9.17) is 32.7 Å². The lowest BCUT2D eigenvalue weighted by Gasteiger charge is -2.12. The van der Waals surface area contributed by atoms with E-state index in [-0.39, 0.29) is 10.8 Å². The number of anilines is 1. The minimum atomic E-state index is -0.315. The van der Waals surface area contributed by atoms with Crippen LogP contribution < -0.4 is 14.9 Å². The van der Waals surface area contributed by atoms with E-state index in [1.807, 2.05) is 0 Å². The Morgan fingerprint density at radius 3 is 2.32 bits per heavy atom. The van der Waals surface area contributed by atoms with Crippen molar-refractivity contribution in [1.29, 1.82) is 0 Å². The fourth-order valence-electron chi connectivity index (χ4n) is 1.79. The maximum atomic E-state index is 12.8. The van der Waals surface area contributed by atoms with Crippen LogP contribution in [0, 0.1) is 5.82 Å². The highest BCUT2D eigenvalue weighted by Gasteiger charge is 2.16. The Morgan fingerprint density at radius 2 is 1.73 bits per heavy atom. The number of rotatable bonds is 5. The summed E-state index contributed by atoms with van der Waals surface area (Å²) in [4.78, 5) is 0. The zero-order valence-electron chi connectivity index (χ0n) is 11.9. The van der Waals surface area contributed by atoms with Gasteiger partial charge in [0.2, 0.25) is 0 Å². The van der Waals surface area contributed by atoms with Crippen LogP contribution in [-0.2, 0) is 0 Å². The Morgan fingerprint density at radius 1 is 1.09 bits per heavy atom. The third kappa shape index (κ3) is 3.61. The van der Waals surface area contributed by atoms with Gasteiger partial charge in [-0.05, 0) is 30.3 Å². The lowest BCUT2D eigenvalue weighted by molar-refractivity contribution is 0.394. The summed E-state index contributed by atoms with van der Waals surface area (Å²) in [5.74, 6) is 0.418. The first kappa shape index (κ1) is 16.4. The van der Waals surface area contributed by atoms with Crippen molar-refractivity contribution in [3.05, 3.63) is 51.8 Å². The minimum absolute atomic E-state index is 0.265. The lowest BCUT2D eigenvalue weighted by atomic mass is 10.2. The molecule has 0 aliphatic rings. The molecule has 0 unspecified atom stereocenters. The van der Waals surface area contributed by atoms with Crippen molar-refractivity contribution in [3.63, 3.8) is 0 Å². The molecule has 0 spiro atoms. The molecule has 0 aliphatic carbocycles. The Kier molecular flexibility index (Phi) is 5.46. The average Bonchev–Trinajstić information content (AvgIpc) is 2.50. The zero-order valence-corrected chi connectivity index (χ0v) is 13.4. The SMILES string of the molecule is COc1c(Cl)cc(/C=N/Nc2ccc(F)cc2)c(OC)c1Cl. The number of benzene rings is 2. The van der Waals surface area contributed by atoms with Crippen molar-refractivity contribution in [1.82, 2.24) is 0 Å². The molecule has 0 amide bonds. The Labute approximate surface area is 137 Å². The van der Waals surface area contributed by atoms with Crippen molar-refractivity contribution >= 4 is 35.1 Å². The predicted molar refractivity (Wildman–Crippen MR) is 87.2 cm³/mol. The number of hydrazone groups is 1. The van der Waals surface area contributed by atoms with Crippen LogP contribution in [-0.4, -0.2) is 20.4 Å². The standard InChI is InChI=1S/C15H13Cl2FN2O2/c1-21-14-9(7-12(16)15(22-2)13(14)17)8-19-20-11-5-3-10(18)4-6-11/h3-8,20H,1-2H3/b19-8+. The summed E-state index contributed by atoms with van der Waals surface area (Å²) in [6.07, 6.45) is 1.50. The molecule has 0 aliphatic heterocycles. The Hall–Kier alpha value is -1.98. The lowest BCUT2D eigenvalue weighted by Crippen LogP contribution is -1.97. The van der Waals surface area contributed by atoms with Gasteiger partial charge >= 0.3 is 0 Å². The largest absolute Gasteiger partial charge is 0.494 e. The van der Waals surface area contributed by atoms with Crippen LogP contribution in [0.25, 0.3) is 0 Å². The number of nitrogens with one attached hydrogen (secondary N) is 1. The molecule has 0 saturated heterocycles. The van der Waals surface area contributed by atoms with E-state index >= 15 is 0 Å². The summed E-state index contributed by atoms with van der Waals surface area (Å²) in [5, 5.41) is 4.66. The molecule has 0 atom stereocenters. The first-order valence-corrected chi connectivity index (χ1v) is 6.97. The van der Waals surface area contributed by atoms with Crippen LogP contribution in [0.15, 0.2) is 35.4 Å². The molecule has 7 heteroatoms. The Balaban J connectivity index is 2.25. The molecule has 0 radical (unpaired) electrons. The summed E-state index contributed by atoms with van der Waals surface area (Å²) in [6.45, 7) is 0. The van der Waals surface area contributed by atoms with Gasteiger partial charge in [-0.2, -0.15) is 5.10 Å². The van der Waals surface area contributed by atoms with E-state index in [9.17, 15) is 4.39 Å². The molecule has 2 rings (SSSR count). The first-order chi connectivity index (χ1) is 10.6. The number of nitrogens with zero attached hydrogens (tertiary/aromatic N) is 1. The maximum Gasteiger partial charge on any atom is 0.159 e. The molecule has 0 fully saturated rings. The molecule has 22 heavy (non-hydrogen) atoms. The van der Waals surface area contributed by atoms with Crippen LogP contribution in [0.5, 0.6) is 11.5 Å². The van der Waals surface area contributed by atoms with Crippen molar-refractivity contribution in [3.8, 4) is 11.5 Å². The number of ether oxygens (including phenoxy) is 2. The van der Waals surface area contributed by atoms with Crippen molar-refractivity contribution in [2.75, 3.05) is 19.6 Å². The van der Waals surface area contributed by atoms with Gasteiger partial charge in [0.15, 0.2) is 5.75 Å². The third-order valence-electron chi connectivity index (χ3n) is 2.81. The molecule has 2 aromatic rings. The van der Waals surface area contributed by atoms with Crippen LogP contribution >= 0.6 is 23.2 Å². The van der Waals surface area contributed by atoms with E-state index < -0.39 is 0 Å². The average molecular weight is 343 g/mol. The van der Waals surface area contributed by atoms with Crippen LogP contribution in [0.4, 0.5) is 10.1 Å². The van der Waals surface area contributed by atoms with E-state index in [0.717, 1.165) is 0 Å². The van der Waals surface area contributed by atoms with Gasteiger partial charge < -0.3 is 9.47 Å². The smallest absolute Gasteiger partial charge is 0.159 e. The van der Waals surface area contributed by atoms with Crippen molar-refractivity contribution in [2.45, 2.75) is 0 Å². The van der Waals surface area contributed by atoms with E-state index in [0.29, 0.717) is 27.8 Å². The van der Waals surface area contributed by atoms with Gasteiger partial charge in [0.1, 0.15) is 16.6 Å². The van der Waals surface area contributed by atoms with Crippen LogP contribution in [0.3, 0.4) is 0 Å². The highest BCUT2D eigenvalue weighted by molar-refractivity contribution is 6.38. The molecule has 0 aromatic heterocycles. The highest BCUT2D eigenvalue weighted by Crippen LogP contribution is 2.41. The molecule has 4 nitrogen and oxygen atoms in total. The minimum Gasteiger partial charge on any atom is -0.494 e. The summed E-state index contributed by atoms with van der Waals surface area (Å²) < 4.78 is 23.2. The van der Waals surface area contributed by atoms with Crippen molar-refractivity contribution in [2.24, 2.45) is 5.10 Å². The van der Waals surface area contributed by atoms with Crippen LogP contribution in [0.1, 0.15) is 5.56 Å². The van der Waals surface area contributed by atoms with E-state index in [1.165, 1.54) is 32.6 Å². The van der Waals surface area contributed by atoms with Crippen LogP contribution in [0.2, 0.25) is 10.0 Å². The fraction of sp³-hybridized carbons (Fsp3) is 0.133. The summed E-state index contributed by atoms with van der Waals surface area (Å²) in [7, 11) is 2.95. The molecule has 0 heterocycles. The number of halogens is 3. The normalized spacial score (nSPS) is 10.8. The summed E-state index contributed by atoms with van der Waals surface area (Å²) in [6, 6.07) is 7.43. The molecule has 0 bridgehead atoms. The second-order valence-electron chi connectivity index (χ2n) is 4.20. The molecular formula is C15H13Cl2FN2O2. The van der Waals surface area contributed by atoms with Gasteiger partial charge in [-0.3, -0.25) is 5.43 Å². The Bertz CT molecular complexity index is 691. The van der Waals surface area contributed by atoms with Gasteiger partial charge in [-0.25, -0.2) is 4.39 Å². The fourth-order valence-corrected chi connectivity index (χ4v) is 2.50. The maximum absolute atomic E-state index is 12.8. The van der Waals surface area contributed by atoms with Gasteiger partial charge in [0.05, 0.1) is 31.1 Å². The van der Waals surface area contributed by atoms with Gasteiger partial charge in [-0.1, -0.05) is 23.2 Å². The number of hydrogen-bond acceptors (Lipinski definition) is 4. The van der Waals surface area contributed by atoms with Crippen molar-refractivity contribution < 1.29 is 13.9 Å². The molecule has 116 valence electrons. The van der Waals surface area contributed by atoms with Gasteiger partial charge in [-0.15, -0.1) is 0 Å². The molecule has 1 N–H and O–H groups in total. The van der Waals surface area contributed by atoms with Gasteiger partial charge in [0.25, 0.3) is 0 Å². The summed E-state index contributed by atoms with van der Waals surface area (Å²) in [5.41, 5.74) is 3.99.